The molecule has 40 heavy (non-hydrogen) atoms. The van der Waals surface area contributed by atoms with Gasteiger partial charge < -0.3 is 20.8 Å². The van der Waals surface area contributed by atoms with E-state index in [-0.39, 0.29) is 11.8 Å². The Morgan fingerprint density at radius 3 is 1.35 bits per heavy atom. The Hall–Kier alpha value is -3.74. The number of benzene rings is 4. The van der Waals surface area contributed by atoms with E-state index in [1.54, 1.807) is 0 Å². The zero-order valence-corrected chi connectivity index (χ0v) is 22.4. The molecule has 6 heteroatoms. The van der Waals surface area contributed by atoms with Crippen molar-refractivity contribution in [3.05, 3.63) is 96.1 Å². The molecule has 3 aliphatic rings. The monoisotopic (exact) mass is 534 g/mol. The van der Waals surface area contributed by atoms with Gasteiger partial charge in [-0.05, 0) is 71.2 Å². The van der Waals surface area contributed by atoms with Crippen LogP contribution in [0.2, 0.25) is 0 Å². The van der Waals surface area contributed by atoms with E-state index in [2.05, 4.69) is 10.6 Å². The van der Waals surface area contributed by atoms with Gasteiger partial charge in [-0.15, -0.1) is 0 Å². The fourth-order valence-corrected chi connectivity index (χ4v) is 6.47. The number of hydrogen-bond acceptors (Lipinski definition) is 4. The van der Waals surface area contributed by atoms with Gasteiger partial charge in [0, 0.05) is 0 Å². The van der Waals surface area contributed by atoms with Gasteiger partial charge in [-0.1, -0.05) is 91.3 Å². The maximum atomic E-state index is 14.0. The zero-order chi connectivity index (χ0) is 27.5. The molecule has 4 aromatic rings. The fourth-order valence-electron chi connectivity index (χ4n) is 6.47. The van der Waals surface area contributed by atoms with Gasteiger partial charge in [0.25, 0.3) is 0 Å². The van der Waals surface area contributed by atoms with Crippen LogP contribution in [-0.2, 0) is 9.59 Å². The zero-order valence-electron chi connectivity index (χ0n) is 22.4. The molecule has 3 fully saturated rings. The van der Waals surface area contributed by atoms with E-state index in [9.17, 15) is 19.8 Å². The van der Waals surface area contributed by atoms with Crippen molar-refractivity contribution >= 4 is 33.4 Å². The second-order valence-corrected chi connectivity index (χ2v) is 12.1. The van der Waals surface area contributed by atoms with Crippen LogP contribution in [0.15, 0.2) is 84.9 Å². The van der Waals surface area contributed by atoms with Gasteiger partial charge in [-0.3, -0.25) is 9.59 Å². The van der Waals surface area contributed by atoms with Crippen LogP contribution in [0.25, 0.3) is 21.5 Å². The normalized spacial score (nSPS) is 21.1. The van der Waals surface area contributed by atoms with Crippen molar-refractivity contribution in [1.82, 2.24) is 10.6 Å². The summed E-state index contributed by atoms with van der Waals surface area (Å²) in [4.78, 5) is 28.1. The van der Waals surface area contributed by atoms with E-state index in [0.717, 1.165) is 39.1 Å². The van der Waals surface area contributed by atoms with Gasteiger partial charge in [0.15, 0.2) is 0 Å². The van der Waals surface area contributed by atoms with Crippen LogP contribution in [-0.4, -0.2) is 33.2 Å². The minimum absolute atomic E-state index is 0.353. The molecule has 2 atom stereocenters. The van der Waals surface area contributed by atoms with Crippen LogP contribution < -0.4 is 10.6 Å². The summed E-state index contributed by atoms with van der Waals surface area (Å²) in [7, 11) is 0. The number of hydrogen-bond donors (Lipinski definition) is 4. The van der Waals surface area contributed by atoms with Crippen molar-refractivity contribution < 1.29 is 19.8 Å². The molecule has 0 spiro atoms. The highest BCUT2D eigenvalue weighted by Crippen LogP contribution is 2.51. The third kappa shape index (κ3) is 4.09. The van der Waals surface area contributed by atoms with Gasteiger partial charge in [-0.2, -0.15) is 0 Å². The first-order chi connectivity index (χ1) is 19.3. The summed E-state index contributed by atoms with van der Waals surface area (Å²) in [6.07, 6.45) is 4.02. The summed E-state index contributed by atoms with van der Waals surface area (Å²) < 4.78 is 0. The van der Waals surface area contributed by atoms with Crippen molar-refractivity contribution in [3.63, 3.8) is 0 Å². The second kappa shape index (κ2) is 9.15. The van der Waals surface area contributed by atoms with Crippen LogP contribution in [0, 0.1) is 5.41 Å². The van der Waals surface area contributed by atoms with Crippen LogP contribution in [0.3, 0.4) is 0 Å². The molecule has 0 radical (unpaired) electrons. The molecule has 3 aliphatic carbocycles. The minimum Gasteiger partial charge on any atom is -0.387 e. The van der Waals surface area contributed by atoms with Crippen molar-refractivity contribution in [2.75, 3.05) is 0 Å². The molecule has 4 aromatic carbocycles. The molecule has 2 amide bonds. The number of nitrogens with one attached hydrogen (secondary N) is 2. The van der Waals surface area contributed by atoms with E-state index in [1.807, 2.05) is 84.9 Å². The van der Waals surface area contributed by atoms with Gasteiger partial charge in [0.05, 0.1) is 23.3 Å². The fraction of sp³-hybridized carbons (Fsp3) is 0.353. The molecular weight excluding hydrogens is 500 g/mol. The number of carbonyl (C=O) groups excluding carboxylic acids is 2. The summed E-state index contributed by atoms with van der Waals surface area (Å²) in [6.45, 7) is 0. The molecule has 0 unspecified atom stereocenters. The van der Waals surface area contributed by atoms with Gasteiger partial charge >= 0.3 is 0 Å². The second-order valence-electron chi connectivity index (χ2n) is 12.1. The molecule has 6 nitrogen and oxygen atoms in total. The number of carbonyl (C=O) groups is 2. The van der Waals surface area contributed by atoms with E-state index in [0.29, 0.717) is 38.5 Å². The summed E-state index contributed by atoms with van der Waals surface area (Å²) >= 11 is 0. The Morgan fingerprint density at radius 2 is 0.975 bits per heavy atom. The highest BCUT2D eigenvalue weighted by atomic mass is 16.3. The summed E-state index contributed by atoms with van der Waals surface area (Å²) in [6, 6.07) is 26.5. The third-order valence-electron chi connectivity index (χ3n) is 9.50. The lowest BCUT2D eigenvalue weighted by atomic mass is 9.66. The predicted octanol–water partition coefficient (Wildman–Crippen LogP) is 5.23. The van der Waals surface area contributed by atoms with Crippen molar-refractivity contribution in [1.29, 1.82) is 0 Å². The highest BCUT2D eigenvalue weighted by Gasteiger charge is 2.57. The molecule has 4 N–H and O–H groups in total. The Bertz CT molecular complexity index is 1510. The number of amides is 2. The predicted molar refractivity (Wildman–Crippen MR) is 154 cm³/mol. The topological polar surface area (TPSA) is 98.7 Å². The Morgan fingerprint density at radius 1 is 0.575 bits per heavy atom. The number of fused-ring (bicyclic) bond motifs is 2. The molecule has 0 saturated heterocycles. The van der Waals surface area contributed by atoms with E-state index < -0.39 is 28.7 Å². The van der Waals surface area contributed by atoms with Crippen LogP contribution >= 0.6 is 0 Å². The summed E-state index contributed by atoms with van der Waals surface area (Å²) in [5, 5.41) is 32.9. The molecule has 3 saturated carbocycles. The number of aliphatic hydroxyl groups is 2. The van der Waals surface area contributed by atoms with E-state index in [4.69, 9.17) is 0 Å². The van der Waals surface area contributed by atoms with Crippen LogP contribution in [0.5, 0.6) is 0 Å². The largest absolute Gasteiger partial charge is 0.387 e. The average Bonchev–Trinajstić information content (AvgIpc) is 3.88. The first-order valence-corrected chi connectivity index (χ1v) is 14.4. The molecule has 204 valence electrons. The maximum Gasteiger partial charge on any atom is 0.236 e. The SMILES string of the molecule is O=C(N[C@@H](c1cccc2ccccc12)C1(O)CC1)C1(C(=O)N[C@@H](c2cccc3ccccc23)C2(O)CC2)CCC1. The molecule has 0 heterocycles. The van der Waals surface area contributed by atoms with E-state index in [1.165, 1.54) is 0 Å². The Labute approximate surface area is 233 Å². The molecule has 0 bridgehead atoms. The smallest absolute Gasteiger partial charge is 0.236 e. The van der Waals surface area contributed by atoms with Gasteiger partial charge in [0.2, 0.25) is 11.8 Å². The lowest BCUT2D eigenvalue weighted by molar-refractivity contribution is -0.152. The minimum atomic E-state index is -1.23. The van der Waals surface area contributed by atoms with Gasteiger partial charge in [0.1, 0.15) is 5.41 Å². The third-order valence-corrected chi connectivity index (χ3v) is 9.50. The van der Waals surface area contributed by atoms with Gasteiger partial charge in [-0.25, -0.2) is 0 Å². The maximum absolute atomic E-state index is 14.0. The molecule has 0 aliphatic heterocycles. The van der Waals surface area contributed by atoms with E-state index >= 15 is 0 Å². The highest BCUT2D eigenvalue weighted by molar-refractivity contribution is 6.06. The van der Waals surface area contributed by atoms with Crippen molar-refractivity contribution in [2.24, 2.45) is 5.41 Å². The lowest BCUT2D eigenvalue weighted by Crippen LogP contribution is -2.58. The first-order valence-electron chi connectivity index (χ1n) is 14.4. The summed E-state index contributed by atoms with van der Waals surface area (Å²) in [5.74, 6) is -0.706. The molecular formula is C34H34N2O4. The molecule has 7 rings (SSSR count). The van der Waals surface area contributed by atoms with Crippen LogP contribution in [0.1, 0.15) is 68.2 Å². The summed E-state index contributed by atoms with van der Waals surface area (Å²) in [5.41, 5.74) is -1.57. The Kier molecular flexibility index (Phi) is 5.77. The van der Waals surface area contributed by atoms with Crippen molar-refractivity contribution in [3.8, 4) is 0 Å². The standard InChI is InChI=1S/C34H34N2O4/c37-30(35-28(33(39)18-19-33)26-14-5-10-22-8-1-3-12-24(22)26)32(16-7-17-32)31(38)36-29(34(40)20-21-34)27-15-6-11-23-9-2-4-13-25(23)27/h1-6,8-15,28-29,39-40H,7,16-21H2,(H,35,37)(H,36,38)/t28-,29-/m0/s1. The number of rotatable bonds is 8. The molecule has 0 aromatic heterocycles. The first kappa shape index (κ1) is 25.2. The van der Waals surface area contributed by atoms with Crippen LogP contribution in [0.4, 0.5) is 0 Å². The quantitative estimate of drug-likeness (QED) is 0.233. The van der Waals surface area contributed by atoms with Crippen molar-refractivity contribution in [2.45, 2.75) is 68.2 Å². The lowest BCUT2D eigenvalue weighted by Gasteiger charge is -2.41. The average molecular weight is 535 g/mol. The Balaban J connectivity index is 1.20.